The molecule has 1 heteroatoms. The van der Waals surface area contributed by atoms with Gasteiger partial charge in [-0.3, -0.25) is 0 Å². The first-order chi connectivity index (χ1) is 9.81. The van der Waals surface area contributed by atoms with E-state index in [1.54, 1.807) is 5.56 Å². The molecule has 0 saturated heterocycles. The molecule has 0 nitrogen and oxygen atoms in total. The molecule has 1 aliphatic rings. The minimum atomic E-state index is -0.0155. The predicted octanol–water partition coefficient (Wildman–Crippen LogP) is 2.17. The summed E-state index contributed by atoms with van der Waals surface area (Å²) in [6, 6.07) is 18.6. The maximum atomic E-state index is 2.39. The van der Waals surface area contributed by atoms with Crippen molar-refractivity contribution in [2.24, 2.45) is 0 Å². The Hall–Kier alpha value is -0.830. The van der Waals surface area contributed by atoms with E-state index < -0.39 is 0 Å². The Labute approximate surface area is 132 Å². The third-order valence-corrected chi connectivity index (χ3v) is 6.86. The fraction of sp³-hybridized carbons (Fsp3) is 0.368. The summed E-state index contributed by atoms with van der Waals surface area (Å²) in [5.41, 5.74) is 2.92. The monoisotopic (exact) mass is 377 g/mol. The second-order valence-electron chi connectivity index (χ2n) is 5.78. The number of aryl methyl sites for hydroxylation is 1. The van der Waals surface area contributed by atoms with Gasteiger partial charge in [0.15, 0.2) is 7.14 Å². The van der Waals surface area contributed by atoms with Gasteiger partial charge in [0.05, 0.1) is 0 Å². The summed E-state index contributed by atoms with van der Waals surface area (Å²) in [4.78, 5) is 0. The molecule has 2 aromatic rings. The summed E-state index contributed by atoms with van der Waals surface area (Å²) >= 11 is -0.0155. The van der Waals surface area contributed by atoms with E-state index in [4.69, 9.17) is 0 Å². The van der Waals surface area contributed by atoms with Crippen LogP contribution in [0.15, 0.2) is 48.5 Å². The van der Waals surface area contributed by atoms with E-state index in [1.807, 2.05) is 0 Å². The van der Waals surface area contributed by atoms with Gasteiger partial charge in [-0.1, -0.05) is 49.1 Å². The van der Waals surface area contributed by atoms with Gasteiger partial charge in [-0.15, -0.1) is 0 Å². The Morgan fingerprint density at radius 3 is 1.90 bits per heavy atom. The molecule has 0 amide bonds. The lowest BCUT2D eigenvalue weighted by atomic mass is 9.84. The van der Waals surface area contributed by atoms with Gasteiger partial charge in [-0.25, -0.2) is 0 Å². The van der Waals surface area contributed by atoms with Gasteiger partial charge in [0.2, 0.25) is 0 Å². The van der Waals surface area contributed by atoms with Crippen molar-refractivity contribution in [2.75, 3.05) is 0 Å². The molecule has 104 valence electrons. The molecule has 20 heavy (non-hydrogen) atoms. The van der Waals surface area contributed by atoms with Crippen LogP contribution in [-0.2, 0) is 0 Å². The summed E-state index contributed by atoms with van der Waals surface area (Å²) in [6.45, 7) is 2.15. The van der Waals surface area contributed by atoms with Crippen molar-refractivity contribution in [3.05, 3.63) is 66.8 Å². The van der Waals surface area contributed by atoms with Crippen LogP contribution < -0.4 is 21.2 Å². The number of hydrogen-bond donors (Lipinski definition) is 0. The maximum absolute atomic E-state index is 2.39. The van der Waals surface area contributed by atoms with Crippen LogP contribution in [0.5, 0.6) is 0 Å². The predicted molar refractivity (Wildman–Crippen MR) is 80.8 cm³/mol. The molecule has 0 aliphatic heterocycles. The second kappa shape index (κ2) is 6.75. The zero-order valence-corrected chi connectivity index (χ0v) is 14.3. The molecular weight excluding hydrogens is 355 g/mol. The van der Waals surface area contributed by atoms with E-state index >= 15 is 0 Å². The average molecular weight is 377 g/mol. The number of benzene rings is 2. The Bertz CT molecular complexity index is 533. The van der Waals surface area contributed by atoms with Crippen molar-refractivity contribution in [3.63, 3.8) is 0 Å². The van der Waals surface area contributed by atoms with Gasteiger partial charge < -0.3 is 0 Å². The molecular formula is C19H22I+. The Balaban J connectivity index is 1.67. The van der Waals surface area contributed by atoms with Gasteiger partial charge in [-0.05, 0) is 55.5 Å². The fourth-order valence-electron chi connectivity index (χ4n) is 2.96. The lowest BCUT2D eigenvalue weighted by molar-refractivity contribution is -0.597. The lowest BCUT2D eigenvalue weighted by Crippen LogP contribution is -3.61. The van der Waals surface area contributed by atoms with Crippen LogP contribution in [0.1, 0.15) is 49.1 Å². The molecule has 1 aliphatic carbocycles. The van der Waals surface area contributed by atoms with Crippen molar-refractivity contribution < 1.29 is 21.2 Å². The van der Waals surface area contributed by atoms with Crippen molar-refractivity contribution in [1.82, 2.24) is 0 Å². The van der Waals surface area contributed by atoms with Crippen LogP contribution in [0, 0.1) is 14.1 Å². The number of hydrogen-bond acceptors (Lipinski definition) is 0. The highest BCUT2D eigenvalue weighted by atomic mass is 127. The van der Waals surface area contributed by atoms with E-state index in [-0.39, 0.29) is 21.2 Å². The van der Waals surface area contributed by atoms with Gasteiger partial charge in [0, 0.05) is 0 Å². The smallest absolute Gasteiger partial charge is 0.0548 e. The first-order valence-electron chi connectivity index (χ1n) is 7.63. The summed E-state index contributed by atoms with van der Waals surface area (Å²) in [5.74, 6) is 0.829. The molecule has 2 aromatic carbocycles. The first kappa shape index (κ1) is 14.1. The molecule has 0 atom stereocenters. The maximum Gasteiger partial charge on any atom is 0.357 e. The van der Waals surface area contributed by atoms with Gasteiger partial charge in [-0.2, -0.15) is 0 Å². The topological polar surface area (TPSA) is 0 Å². The first-order valence-corrected chi connectivity index (χ1v) is 9.78. The molecule has 0 N–H and O–H groups in total. The zero-order valence-electron chi connectivity index (χ0n) is 12.1. The largest absolute Gasteiger partial charge is 0.357 e. The van der Waals surface area contributed by atoms with Gasteiger partial charge in [0.25, 0.3) is 0 Å². The number of rotatable bonds is 3. The standard InChI is InChI=1S/C19H22I/c1-15-7-11-18(12-8-15)20-19-13-9-17(10-14-19)16-5-3-2-4-6-16/h7-14,16H,2-6H2,1H3/q+1. The Morgan fingerprint density at radius 1 is 0.750 bits per heavy atom. The van der Waals surface area contributed by atoms with Crippen molar-refractivity contribution in [2.45, 2.75) is 44.9 Å². The Kier molecular flexibility index (Phi) is 4.77. The van der Waals surface area contributed by atoms with Crippen LogP contribution in [0.25, 0.3) is 0 Å². The molecule has 0 aromatic heterocycles. The highest BCUT2D eigenvalue weighted by Gasteiger charge is 2.18. The molecule has 0 spiro atoms. The summed E-state index contributed by atoms with van der Waals surface area (Å²) in [5, 5.41) is 0. The van der Waals surface area contributed by atoms with Crippen LogP contribution in [-0.4, -0.2) is 0 Å². The van der Waals surface area contributed by atoms with Crippen molar-refractivity contribution in [3.8, 4) is 0 Å². The van der Waals surface area contributed by atoms with Crippen molar-refractivity contribution in [1.29, 1.82) is 0 Å². The third-order valence-electron chi connectivity index (χ3n) is 4.18. The molecule has 0 heterocycles. The minimum Gasteiger partial charge on any atom is -0.0548 e. The SMILES string of the molecule is Cc1ccc([I+]c2ccc(C3CCCCC3)cc2)cc1. The number of halogens is 1. The van der Waals surface area contributed by atoms with E-state index in [1.165, 1.54) is 44.8 Å². The lowest BCUT2D eigenvalue weighted by Gasteiger charge is -2.21. The Morgan fingerprint density at radius 2 is 1.30 bits per heavy atom. The summed E-state index contributed by atoms with van der Waals surface area (Å²) < 4.78 is 3.05. The van der Waals surface area contributed by atoms with E-state index in [0.29, 0.717) is 0 Å². The van der Waals surface area contributed by atoms with E-state index in [0.717, 1.165) is 5.92 Å². The van der Waals surface area contributed by atoms with Crippen LogP contribution in [0.2, 0.25) is 0 Å². The van der Waals surface area contributed by atoms with Crippen LogP contribution in [0.4, 0.5) is 0 Å². The fourth-order valence-corrected chi connectivity index (χ4v) is 5.11. The molecule has 0 radical (unpaired) electrons. The average Bonchev–Trinajstić information content (AvgIpc) is 2.51. The van der Waals surface area contributed by atoms with Gasteiger partial charge in [0.1, 0.15) is 0 Å². The highest BCUT2D eigenvalue weighted by Crippen LogP contribution is 2.32. The van der Waals surface area contributed by atoms with E-state index in [9.17, 15) is 0 Å². The highest BCUT2D eigenvalue weighted by molar-refractivity contribution is 5.20. The molecule has 1 saturated carbocycles. The normalized spacial score (nSPS) is 16.2. The molecule has 3 rings (SSSR count). The zero-order chi connectivity index (χ0) is 13.8. The second-order valence-corrected chi connectivity index (χ2v) is 8.81. The summed E-state index contributed by atoms with van der Waals surface area (Å²) in [6.07, 6.45) is 7.07. The molecule has 1 fully saturated rings. The van der Waals surface area contributed by atoms with Crippen molar-refractivity contribution >= 4 is 0 Å². The van der Waals surface area contributed by atoms with Gasteiger partial charge >= 0.3 is 21.2 Å². The minimum absolute atomic E-state index is 0.0155. The quantitative estimate of drug-likeness (QED) is 0.720. The van der Waals surface area contributed by atoms with Crippen LogP contribution in [0.3, 0.4) is 0 Å². The molecule has 0 unspecified atom stereocenters. The summed E-state index contributed by atoms with van der Waals surface area (Å²) in [7, 11) is 0. The van der Waals surface area contributed by atoms with E-state index in [2.05, 4.69) is 55.5 Å². The third kappa shape index (κ3) is 3.63. The van der Waals surface area contributed by atoms with Crippen LogP contribution >= 0.6 is 0 Å². The molecule has 0 bridgehead atoms.